The number of aromatic nitrogens is 2. The molecule has 3 N–H and O–H groups in total. The molecule has 27 heavy (non-hydrogen) atoms. The number of rotatable bonds is 7. The lowest BCUT2D eigenvalue weighted by Crippen LogP contribution is -2.23. The van der Waals surface area contributed by atoms with Crippen molar-refractivity contribution in [2.75, 3.05) is 11.9 Å². The van der Waals surface area contributed by atoms with E-state index in [1.165, 1.54) is 5.56 Å². The molecule has 0 unspecified atom stereocenters. The Hall–Kier alpha value is -3.28. The van der Waals surface area contributed by atoms with Crippen LogP contribution in [0.25, 0.3) is 5.69 Å². The van der Waals surface area contributed by atoms with Crippen molar-refractivity contribution in [3.8, 4) is 11.4 Å². The fraction of sp³-hybridized carbons (Fsp3) is 0.238. The molecular weight excluding hydrogens is 338 g/mol. The summed E-state index contributed by atoms with van der Waals surface area (Å²) < 4.78 is 7.46. The number of nitrogens with zero attached hydrogens (tertiary/aromatic N) is 3. The third-order valence-electron chi connectivity index (χ3n) is 3.89. The number of ether oxygens (including phenoxy) is 1. The van der Waals surface area contributed by atoms with Crippen LogP contribution < -0.4 is 15.8 Å². The van der Waals surface area contributed by atoms with Gasteiger partial charge in [0.05, 0.1) is 11.8 Å². The van der Waals surface area contributed by atoms with Crippen molar-refractivity contribution in [1.82, 2.24) is 9.78 Å². The Labute approximate surface area is 159 Å². The van der Waals surface area contributed by atoms with Crippen molar-refractivity contribution >= 4 is 11.6 Å². The van der Waals surface area contributed by atoms with E-state index in [1.54, 1.807) is 6.20 Å². The molecule has 1 heterocycles. The second-order valence-electron chi connectivity index (χ2n) is 6.45. The first-order chi connectivity index (χ1) is 13.1. The summed E-state index contributed by atoms with van der Waals surface area (Å²) in [6.07, 6.45) is 4.67. The van der Waals surface area contributed by atoms with E-state index >= 15 is 0 Å². The minimum Gasteiger partial charge on any atom is -0.491 e. The fourth-order valence-electron chi connectivity index (χ4n) is 2.62. The van der Waals surface area contributed by atoms with Gasteiger partial charge in [0.15, 0.2) is 5.96 Å². The Kier molecular flexibility index (Phi) is 6.10. The van der Waals surface area contributed by atoms with Crippen molar-refractivity contribution in [3.05, 3.63) is 72.6 Å². The van der Waals surface area contributed by atoms with Gasteiger partial charge >= 0.3 is 0 Å². The summed E-state index contributed by atoms with van der Waals surface area (Å²) in [5.41, 5.74) is 9.10. The van der Waals surface area contributed by atoms with Crippen LogP contribution in [0.15, 0.2) is 72.0 Å². The molecule has 0 aliphatic heterocycles. The molecule has 3 aromatic rings. The van der Waals surface area contributed by atoms with Crippen LogP contribution >= 0.6 is 0 Å². The van der Waals surface area contributed by atoms with E-state index in [1.807, 2.05) is 55.1 Å². The molecule has 1 aromatic heterocycles. The van der Waals surface area contributed by atoms with Gasteiger partial charge in [-0.2, -0.15) is 5.10 Å². The van der Waals surface area contributed by atoms with E-state index in [4.69, 9.17) is 10.5 Å². The minimum atomic E-state index is 0.157. The van der Waals surface area contributed by atoms with Gasteiger partial charge in [-0.1, -0.05) is 12.1 Å². The summed E-state index contributed by atoms with van der Waals surface area (Å²) in [5.74, 6) is 1.24. The maximum Gasteiger partial charge on any atom is 0.193 e. The normalized spacial score (nSPS) is 11.6. The lowest BCUT2D eigenvalue weighted by molar-refractivity contribution is 0.242. The lowest BCUT2D eigenvalue weighted by Gasteiger charge is -2.11. The van der Waals surface area contributed by atoms with Crippen LogP contribution in [0.2, 0.25) is 0 Å². The van der Waals surface area contributed by atoms with Crippen LogP contribution in [0.5, 0.6) is 5.75 Å². The zero-order valence-corrected chi connectivity index (χ0v) is 15.7. The van der Waals surface area contributed by atoms with Gasteiger partial charge in [-0.15, -0.1) is 0 Å². The Bertz CT molecular complexity index is 853. The molecule has 6 heteroatoms. The summed E-state index contributed by atoms with van der Waals surface area (Å²) in [6.45, 7) is 4.62. The highest BCUT2D eigenvalue weighted by atomic mass is 16.5. The first-order valence-electron chi connectivity index (χ1n) is 9.03. The van der Waals surface area contributed by atoms with Crippen LogP contribution in [0.3, 0.4) is 0 Å². The summed E-state index contributed by atoms with van der Waals surface area (Å²) in [6, 6.07) is 17.9. The largest absolute Gasteiger partial charge is 0.491 e. The van der Waals surface area contributed by atoms with Gasteiger partial charge in [0.2, 0.25) is 0 Å². The van der Waals surface area contributed by atoms with Gasteiger partial charge < -0.3 is 15.8 Å². The average Bonchev–Trinajstić information content (AvgIpc) is 3.18. The number of aliphatic imine (C=N–C) groups is 1. The fourth-order valence-corrected chi connectivity index (χ4v) is 2.62. The molecule has 0 spiro atoms. The molecular formula is C21H25N5O. The highest BCUT2D eigenvalue weighted by Gasteiger charge is 2.00. The molecule has 0 atom stereocenters. The smallest absolute Gasteiger partial charge is 0.193 e. The Balaban J connectivity index is 1.49. The van der Waals surface area contributed by atoms with E-state index in [9.17, 15) is 0 Å². The van der Waals surface area contributed by atoms with Crippen LogP contribution in [-0.4, -0.2) is 28.4 Å². The molecule has 140 valence electrons. The van der Waals surface area contributed by atoms with Crippen LogP contribution in [0, 0.1) is 0 Å². The number of anilines is 1. The molecule has 6 nitrogen and oxygen atoms in total. The van der Waals surface area contributed by atoms with Crippen LogP contribution in [-0.2, 0) is 6.42 Å². The van der Waals surface area contributed by atoms with E-state index in [2.05, 4.69) is 39.7 Å². The van der Waals surface area contributed by atoms with Gasteiger partial charge in [-0.25, -0.2) is 4.68 Å². The van der Waals surface area contributed by atoms with Crippen LogP contribution in [0.4, 0.5) is 5.69 Å². The van der Waals surface area contributed by atoms with Gasteiger partial charge in [0.25, 0.3) is 0 Å². The predicted molar refractivity (Wildman–Crippen MR) is 110 cm³/mol. The van der Waals surface area contributed by atoms with E-state index in [0.29, 0.717) is 12.5 Å². The van der Waals surface area contributed by atoms with Crippen molar-refractivity contribution in [3.63, 3.8) is 0 Å². The number of guanidine groups is 1. The summed E-state index contributed by atoms with van der Waals surface area (Å²) in [4.78, 5) is 4.39. The van der Waals surface area contributed by atoms with E-state index < -0.39 is 0 Å². The number of benzene rings is 2. The quantitative estimate of drug-likeness (QED) is 0.496. The zero-order valence-electron chi connectivity index (χ0n) is 15.7. The third-order valence-corrected chi connectivity index (χ3v) is 3.89. The SMILES string of the molecule is CC(C)Oc1ccc(NC(N)=NCCc2ccc(-n3cccn3)cc2)cc1. The Morgan fingerprint density at radius 2 is 1.89 bits per heavy atom. The maximum atomic E-state index is 5.97. The molecule has 0 fully saturated rings. The molecule has 0 saturated heterocycles. The molecule has 0 aliphatic carbocycles. The monoisotopic (exact) mass is 363 g/mol. The molecule has 0 saturated carbocycles. The molecule has 3 rings (SSSR count). The molecule has 0 aliphatic rings. The van der Waals surface area contributed by atoms with Gasteiger partial charge in [-0.05, 0) is 68.3 Å². The first kappa shape index (κ1) is 18.5. The Morgan fingerprint density at radius 3 is 2.52 bits per heavy atom. The number of hydrogen-bond donors (Lipinski definition) is 2. The molecule has 0 amide bonds. The topological polar surface area (TPSA) is 77.5 Å². The van der Waals surface area contributed by atoms with Crippen molar-refractivity contribution in [1.29, 1.82) is 0 Å². The molecule has 0 radical (unpaired) electrons. The summed E-state index contributed by atoms with van der Waals surface area (Å²) >= 11 is 0. The van der Waals surface area contributed by atoms with Crippen molar-refractivity contribution in [2.45, 2.75) is 26.4 Å². The second-order valence-corrected chi connectivity index (χ2v) is 6.45. The van der Waals surface area contributed by atoms with E-state index in [-0.39, 0.29) is 6.10 Å². The van der Waals surface area contributed by atoms with Crippen molar-refractivity contribution < 1.29 is 4.74 Å². The second kappa shape index (κ2) is 8.89. The average molecular weight is 363 g/mol. The van der Waals surface area contributed by atoms with E-state index in [0.717, 1.165) is 23.5 Å². The first-order valence-corrected chi connectivity index (χ1v) is 9.03. The highest BCUT2D eigenvalue weighted by molar-refractivity contribution is 5.92. The third kappa shape index (κ3) is 5.60. The Morgan fingerprint density at radius 1 is 1.15 bits per heavy atom. The number of nitrogens with one attached hydrogen (secondary N) is 1. The summed E-state index contributed by atoms with van der Waals surface area (Å²) in [5, 5.41) is 7.32. The maximum absolute atomic E-state index is 5.97. The highest BCUT2D eigenvalue weighted by Crippen LogP contribution is 2.16. The number of nitrogens with two attached hydrogens (primary N) is 1. The molecule has 2 aromatic carbocycles. The van der Waals surface area contributed by atoms with Crippen molar-refractivity contribution in [2.24, 2.45) is 10.7 Å². The molecule has 0 bridgehead atoms. The zero-order chi connectivity index (χ0) is 19.1. The predicted octanol–water partition coefficient (Wildman–Crippen LogP) is 3.63. The summed E-state index contributed by atoms with van der Waals surface area (Å²) in [7, 11) is 0. The lowest BCUT2D eigenvalue weighted by atomic mass is 10.1. The minimum absolute atomic E-state index is 0.157. The van der Waals surface area contributed by atoms with Crippen LogP contribution in [0.1, 0.15) is 19.4 Å². The number of hydrogen-bond acceptors (Lipinski definition) is 3. The standard InChI is InChI=1S/C21H25N5O/c1-16(2)27-20-10-6-18(7-11-20)25-21(22)23-14-12-17-4-8-19(9-5-17)26-15-3-13-24-26/h3-11,13,15-16H,12,14H2,1-2H3,(H3,22,23,25). The van der Waals surface area contributed by atoms with Gasteiger partial charge in [0.1, 0.15) is 5.75 Å². The van der Waals surface area contributed by atoms with Gasteiger partial charge in [0, 0.05) is 24.6 Å². The van der Waals surface area contributed by atoms with Gasteiger partial charge in [-0.3, -0.25) is 4.99 Å².